The fourth-order valence-corrected chi connectivity index (χ4v) is 17.5. The topological polar surface area (TPSA) is 170 Å². The number of methoxy groups -OCH3 is 1. The van der Waals surface area contributed by atoms with Crippen LogP contribution in [0.1, 0.15) is 133 Å². The third kappa shape index (κ3) is 8.81. The number of alkyl carbamates (subject to hydrolysis) is 1. The number of fused-ring (bicyclic) bond motifs is 7. The summed E-state index contributed by atoms with van der Waals surface area (Å²) in [6.07, 6.45) is 10.9. The zero-order valence-electron chi connectivity index (χ0n) is 41.1. The highest BCUT2D eigenvalue weighted by molar-refractivity contribution is 7.91. The molecule has 0 radical (unpaired) electrons. The van der Waals surface area contributed by atoms with Gasteiger partial charge in [0.15, 0.2) is 9.84 Å². The van der Waals surface area contributed by atoms with Crippen LogP contribution >= 0.6 is 0 Å². The fourth-order valence-electron chi connectivity index (χ4n) is 16.3. The molecule has 64 heavy (non-hydrogen) atoms. The molecule has 1 amide bonds. The lowest BCUT2D eigenvalue weighted by atomic mass is 9.32. The van der Waals surface area contributed by atoms with Gasteiger partial charge in [-0.05, 0) is 128 Å². The summed E-state index contributed by atoms with van der Waals surface area (Å²) in [5.74, 6) is 1.60. The number of aliphatic carboxylic acids is 1. The highest BCUT2D eigenvalue weighted by atomic mass is 32.2. The molecule has 13 atom stereocenters. The molecule has 1 aliphatic heterocycles. The van der Waals surface area contributed by atoms with Gasteiger partial charge in [-0.1, -0.05) is 62.3 Å². The van der Waals surface area contributed by atoms with Crippen molar-refractivity contribution in [1.82, 2.24) is 15.5 Å². The first-order chi connectivity index (χ1) is 30.0. The van der Waals surface area contributed by atoms with E-state index in [2.05, 4.69) is 64.0 Å². The number of esters is 1. The van der Waals surface area contributed by atoms with Gasteiger partial charge >= 0.3 is 18.0 Å². The second-order valence-electron chi connectivity index (χ2n) is 23.9. The number of nitrogens with one attached hydrogen (secondary N) is 2. The Hall–Kier alpha value is -2.00. The van der Waals surface area contributed by atoms with Crippen molar-refractivity contribution in [2.45, 2.75) is 151 Å². The van der Waals surface area contributed by atoms with Crippen molar-refractivity contribution >= 4 is 27.9 Å². The number of hydrogen-bond acceptors (Lipinski definition) is 11. The van der Waals surface area contributed by atoms with Crippen LogP contribution in [0.2, 0.25) is 0 Å². The largest absolute Gasteiger partial charge is 0.481 e. The van der Waals surface area contributed by atoms with Crippen molar-refractivity contribution in [3.8, 4) is 0 Å². The molecule has 7 rings (SSSR count). The molecule has 7 fully saturated rings. The van der Waals surface area contributed by atoms with Gasteiger partial charge in [-0.15, -0.1) is 0 Å². The first kappa shape index (κ1) is 49.9. The average Bonchev–Trinajstić information content (AvgIpc) is 3.60. The van der Waals surface area contributed by atoms with Crippen LogP contribution in [0.25, 0.3) is 0 Å². The van der Waals surface area contributed by atoms with Crippen molar-refractivity contribution in [2.24, 2.45) is 74.4 Å². The molecule has 6 saturated carbocycles. The zero-order valence-corrected chi connectivity index (χ0v) is 41.9. The lowest BCUT2D eigenvalue weighted by Crippen LogP contribution is -2.69. The molecule has 14 heteroatoms. The Morgan fingerprint density at radius 2 is 1.47 bits per heavy atom. The maximum atomic E-state index is 13.7. The van der Waals surface area contributed by atoms with Crippen molar-refractivity contribution in [2.75, 3.05) is 71.2 Å². The summed E-state index contributed by atoms with van der Waals surface area (Å²) < 4.78 is 47.4. The smallest absolute Gasteiger partial charge is 0.407 e. The quantitative estimate of drug-likeness (QED) is 0.105. The number of ether oxygens (including phenoxy) is 4. The van der Waals surface area contributed by atoms with Crippen molar-refractivity contribution in [3.63, 3.8) is 0 Å². The van der Waals surface area contributed by atoms with Gasteiger partial charge in [0.25, 0.3) is 0 Å². The van der Waals surface area contributed by atoms with Crippen LogP contribution in [0.3, 0.4) is 0 Å². The van der Waals surface area contributed by atoms with Gasteiger partial charge in [0.1, 0.15) is 12.7 Å². The van der Waals surface area contributed by atoms with Crippen molar-refractivity contribution < 1.29 is 46.9 Å². The molecule has 0 aromatic carbocycles. The first-order valence-corrected chi connectivity index (χ1v) is 26.9. The van der Waals surface area contributed by atoms with Crippen LogP contribution in [0, 0.1) is 74.4 Å². The van der Waals surface area contributed by atoms with Gasteiger partial charge < -0.3 is 34.7 Å². The molecule has 366 valence electrons. The second-order valence-corrected chi connectivity index (χ2v) is 26.2. The Morgan fingerprint density at radius 3 is 2.12 bits per heavy atom. The minimum Gasteiger partial charge on any atom is -0.481 e. The van der Waals surface area contributed by atoms with E-state index in [1.165, 1.54) is 32.1 Å². The molecular weight excluding hydrogens is 835 g/mol. The maximum absolute atomic E-state index is 13.7. The van der Waals surface area contributed by atoms with Gasteiger partial charge in [0.05, 0.1) is 43.2 Å². The van der Waals surface area contributed by atoms with Crippen LogP contribution in [0.4, 0.5) is 4.79 Å². The number of hydrogen-bond donors (Lipinski definition) is 3. The molecule has 7 aliphatic rings. The monoisotopic (exact) mass is 920 g/mol. The van der Waals surface area contributed by atoms with Crippen LogP contribution < -0.4 is 10.6 Å². The fraction of sp³-hybridized carbons (Fsp3) is 0.940. The van der Waals surface area contributed by atoms with Crippen molar-refractivity contribution in [3.05, 3.63) is 0 Å². The third-order valence-electron chi connectivity index (χ3n) is 20.3. The van der Waals surface area contributed by atoms with Crippen LogP contribution in [-0.4, -0.2) is 125 Å². The molecule has 0 spiro atoms. The van der Waals surface area contributed by atoms with E-state index in [0.29, 0.717) is 87.9 Å². The zero-order chi connectivity index (χ0) is 46.7. The molecular formula is C50H85N3O10S. The number of carboxylic acid groups (broad SMARTS) is 1. The number of carboxylic acids is 1. The SMILES string of the molecule is COCCOCCOC(=O)NC[C@@H](CN[C@]12CC[C@@H](C(C)C)[C@@H]1[C@H]1CC[C@@H]3[C@@]4(C)CC[C@H](OC(=O)[C@H]5C[C@@H](C(=O)O)C5(C)C)C(C)(C)[C@@H]4CC[C@@]3(C)[C@]1(C)CC2)N1CCS(=O)(=O)CC1. The maximum Gasteiger partial charge on any atom is 0.407 e. The molecule has 0 aromatic rings. The Kier molecular flexibility index (Phi) is 14.4. The van der Waals surface area contributed by atoms with E-state index in [-0.39, 0.29) is 69.3 Å². The third-order valence-corrected chi connectivity index (χ3v) is 22.0. The predicted molar refractivity (Wildman–Crippen MR) is 246 cm³/mol. The van der Waals surface area contributed by atoms with Gasteiger partial charge in [-0.2, -0.15) is 0 Å². The van der Waals surface area contributed by atoms with Crippen molar-refractivity contribution in [1.29, 1.82) is 0 Å². The van der Waals surface area contributed by atoms with E-state index in [0.717, 1.165) is 32.1 Å². The molecule has 13 nitrogen and oxygen atoms in total. The highest BCUT2D eigenvalue weighted by Crippen LogP contribution is 2.76. The predicted octanol–water partition coefficient (Wildman–Crippen LogP) is 7.21. The highest BCUT2D eigenvalue weighted by Gasteiger charge is 2.71. The van der Waals surface area contributed by atoms with Gasteiger partial charge in [0.2, 0.25) is 0 Å². The molecule has 0 unspecified atom stereocenters. The Balaban J connectivity index is 1.06. The Bertz CT molecular complexity index is 1810. The van der Waals surface area contributed by atoms with E-state index in [9.17, 15) is 27.9 Å². The summed E-state index contributed by atoms with van der Waals surface area (Å²) >= 11 is 0. The molecule has 3 N–H and O–H groups in total. The first-order valence-electron chi connectivity index (χ1n) is 25.1. The molecule has 1 saturated heterocycles. The molecule has 0 aromatic heterocycles. The van der Waals surface area contributed by atoms with Crippen LogP contribution in [0.15, 0.2) is 0 Å². The minimum atomic E-state index is -3.08. The van der Waals surface area contributed by atoms with Gasteiger partial charge in [-0.3, -0.25) is 14.5 Å². The summed E-state index contributed by atoms with van der Waals surface area (Å²) in [6.45, 7) is 24.6. The van der Waals surface area contributed by atoms with E-state index >= 15 is 0 Å². The standard InChI is InChI=1S/C50H85N3O10S/c1-32(2)34-13-18-50(52-31-33(53-21-27-64(58,59)28-22-53)30-51-44(57)62-26-25-61-24-23-60-10)20-19-48(8)35(41(34)50)11-12-39-47(7)16-15-40(46(5,6)38(47)14-17-49(39,48)9)63-43(56)37-29-36(42(54)55)45(37,3)4/h32-41,52H,11-31H2,1-10H3,(H,51,57)(H,54,55)/t33-,34-,35+,36-,37+,38-,39+,40-,41+,47-,48+,49+,50-/m0/s1. The summed E-state index contributed by atoms with van der Waals surface area (Å²) in [5.41, 5.74) is -0.363. The minimum absolute atomic E-state index is 0.0208. The van der Waals surface area contributed by atoms with Gasteiger partial charge in [-0.25, -0.2) is 13.2 Å². The average molecular weight is 920 g/mol. The lowest BCUT2D eigenvalue weighted by molar-refractivity contribution is -0.249. The molecule has 1 heterocycles. The number of carbonyl (C=O) groups excluding carboxylic acids is 2. The lowest BCUT2D eigenvalue weighted by Gasteiger charge is -2.73. The Morgan fingerprint density at radius 1 is 0.766 bits per heavy atom. The Labute approximate surface area is 385 Å². The van der Waals surface area contributed by atoms with Crippen LogP contribution in [-0.2, 0) is 38.4 Å². The van der Waals surface area contributed by atoms with E-state index in [1.54, 1.807) is 7.11 Å². The summed E-state index contributed by atoms with van der Waals surface area (Å²) in [5, 5.41) is 17.0. The van der Waals surface area contributed by atoms with E-state index in [4.69, 9.17) is 18.9 Å². The number of carbonyl (C=O) groups is 3. The number of amides is 1. The van der Waals surface area contributed by atoms with Crippen LogP contribution in [0.5, 0.6) is 0 Å². The number of nitrogens with zero attached hydrogens (tertiary/aromatic N) is 1. The summed E-state index contributed by atoms with van der Waals surface area (Å²) in [7, 11) is -1.46. The normalized spacial score (nSPS) is 41.3. The van der Waals surface area contributed by atoms with Gasteiger partial charge in [0, 0.05) is 50.3 Å². The van der Waals surface area contributed by atoms with E-state index < -0.39 is 33.2 Å². The summed E-state index contributed by atoms with van der Waals surface area (Å²) in [6, 6.07) is -0.0782. The molecule has 6 aliphatic carbocycles. The number of rotatable bonds is 16. The number of sulfone groups is 1. The van der Waals surface area contributed by atoms with E-state index in [1.807, 2.05) is 13.8 Å². The second kappa shape index (κ2) is 18.5. The molecule has 0 bridgehead atoms. The summed E-state index contributed by atoms with van der Waals surface area (Å²) in [4.78, 5) is 40.7.